The van der Waals surface area contributed by atoms with Crippen LogP contribution in [0.4, 0.5) is 13.2 Å². The Morgan fingerprint density at radius 2 is 2.09 bits per heavy atom. The van der Waals surface area contributed by atoms with Gasteiger partial charge < -0.3 is 10.1 Å². The lowest BCUT2D eigenvalue weighted by Crippen LogP contribution is -2.19. The van der Waals surface area contributed by atoms with Crippen molar-refractivity contribution < 1.29 is 22.7 Å². The Morgan fingerprint density at radius 3 is 2.68 bits per heavy atom. The van der Waals surface area contributed by atoms with Crippen LogP contribution in [0.1, 0.15) is 48.8 Å². The van der Waals surface area contributed by atoms with Crippen LogP contribution < -0.4 is 5.32 Å². The van der Waals surface area contributed by atoms with E-state index in [-0.39, 0.29) is 18.3 Å². The van der Waals surface area contributed by atoms with Crippen LogP contribution in [0.2, 0.25) is 0 Å². The van der Waals surface area contributed by atoms with Crippen LogP contribution in [0.3, 0.4) is 0 Å². The Morgan fingerprint density at radius 1 is 1.36 bits per heavy atom. The van der Waals surface area contributed by atoms with E-state index in [1.807, 2.05) is 0 Å². The summed E-state index contributed by atoms with van der Waals surface area (Å²) in [5.74, 6) is -0.239. The van der Waals surface area contributed by atoms with Crippen molar-refractivity contribution in [2.75, 3.05) is 13.2 Å². The van der Waals surface area contributed by atoms with Gasteiger partial charge in [-0.1, -0.05) is 12.1 Å². The maximum atomic E-state index is 13.0. The largest absolute Gasteiger partial charge is 0.466 e. The van der Waals surface area contributed by atoms with E-state index in [1.54, 1.807) is 13.0 Å². The molecule has 3 nitrogen and oxygen atoms in total. The summed E-state index contributed by atoms with van der Waals surface area (Å²) in [4.78, 5) is 11.2. The first-order valence-electron chi connectivity index (χ1n) is 7.48. The molecule has 0 aromatic heterocycles. The van der Waals surface area contributed by atoms with E-state index in [0.29, 0.717) is 25.3 Å². The molecule has 0 saturated heterocycles. The van der Waals surface area contributed by atoms with Gasteiger partial charge in [-0.2, -0.15) is 13.2 Å². The molecule has 1 N–H and O–H groups in total. The maximum Gasteiger partial charge on any atom is 0.416 e. The molecule has 1 fully saturated rings. The highest BCUT2D eigenvalue weighted by Gasteiger charge is 2.38. The lowest BCUT2D eigenvalue weighted by atomic mass is 9.99. The molecule has 0 unspecified atom stereocenters. The van der Waals surface area contributed by atoms with Crippen LogP contribution >= 0.6 is 0 Å². The highest BCUT2D eigenvalue weighted by molar-refractivity contribution is 5.69. The van der Waals surface area contributed by atoms with Crippen molar-refractivity contribution in [3.8, 4) is 0 Å². The smallest absolute Gasteiger partial charge is 0.416 e. The van der Waals surface area contributed by atoms with Crippen LogP contribution in [0.15, 0.2) is 18.2 Å². The average Bonchev–Trinajstić information content (AvgIpc) is 3.27. The summed E-state index contributed by atoms with van der Waals surface area (Å²) in [7, 11) is 0. The van der Waals surface area contributed by atoms with Crippen molar-refractivity contribution in [3.63, 3.8) is 0 Å². The quantitative estimate of drug-likeness (QED) is 0.617. The molecular weight excluding hydrogens is 295 g/mol. The first-order chi connectivity index (χ1) is 10.4. The standard InChI is InChI=1S/C16H20F3NO2/c1-2-22-15(21)7-8-20-10-11-3-6-14(16(17,18)19)13(9-11)12-4-5-12/h3,6,9,12,20H,2,4-5,7-8,10H2,1H3. The Balaban J connectivity index is 1.92. The lowest BCUT2D eigenvalue weighted by molar-refractivity contribution is -0.143. The van der Waals surface area contributed by atoms with Crippen LogP contribution in [0.25, 0.3) is 0 Å². The van der Waals surface area contributed by atoms with Gasteiger partial charge in [0, 0.05) is 13.1 Å². The number of carbonyl (C=O) groups excluding carboxylic acids is 1. The number of halogens is 3. The fourth-order valence-electron chi connectivity index (χ4n) is 2.37. The number of alkyl halides is 3. The van der Waals surface area contributed by atoms with Crippen LogP contribution in [-0.2, 0) is 22.3 Å². The number of benzene rings is 1. The molecule has 2 rings (SSSR count). The molecule has 122 valence electrons. The Labute approximate surface area is 127 Å². The zero-order chi connectivity index (χ0) is 16.2. The number of hydrogen-bond acceptors (Lipinski definition) is 3. The molecule has 0 radical (unpaired) electrons. The number of carbonyl (C=O) groups is 1. The molecule has 0 spiro atoms. The highest BCUT2D eigenvalue weighted by Crippen LogP contribution is 2.46. The normalized spacial score (nSPS) is 14.9. The summed E-state index contributed by atoms with van der Waals surface area (Å²) in [6.07, 6.45) is -2.40. The minimum Gasteiger partial charge on any atom is -0.466 e. The molecule has 1 aromatic carbocycles. The first-order valence-corrected chi connectivity index (χ1v) is 7.48. The predicted octanol–water partition coefficient (Wildman–Crippen LogP) is 3.63. The van der Waals surface area contributed by atoms with Gasteiger partial charge in [0.2, 0.25) is 0 Å². The molecular formula is C16H20F3NO2. The van der Waals surface area contributed by atoms with E-state index in [9.17, 15) is 18.0 Å². The summed E-state index contributed by atoms with van der Waals surface area (Å²) < 4.78 is 43.7. The topological polar surface area (TPSA) is 38.3 Å². The summed E-state index contributed by atoms with van der Waals surface area (Å²) in [6, 6.07) is 4.29. The fraction of sp³-hybridized carbons (Fsp3) is 0.562. The maximum absolute atomic E-state index is 13.0. The molecule has 22 heavy (non-hydrogen) atoms. The minimum absolute atomic E-state index is 0.0381. The molecule has 0 atom stereocenters. The minimum atomic E-state index is -4.30. The molecule has 1 aromatic rings. The van der Waals surface area contributed by atoms with Gasteiger partial charge in [0.05, 0.1) is 18.6 Å². The summed E-state index contributed by atoms with van der Waals surface area (Å²) in [6.45, 7) is 2.98. The van der Waals surface area contributed by atoms with Crippen molar-refractivity contribution in [1.82, 2.24) is 5.32 Å². The Bertz CT molecular complexity index is 525. The van der Waals surface area contributed by atoms with Crippen LogP contribution in [-0.4, -0.2) is 19.1 Å². The van der Waals surface area contributed by atoms with E-state index in [0.717, 1.165) is 24.5 Å². The predicted molar refractivity (Wildman–Crippen MR) is 76.4 cm³/mol. The second kappa shape index (κ2) is 7.13. The molecule has 0 amide bonds. The monoisotopic (exact) mass is 315 g/mol. The van der Waals surface area contributed by atoms with Gasteiger partial charge in [-0.25, -0.2) is 0 Å². The van der Waals surface area contributed by atoms with Crippen LogP contribution in [0, 0.1) is 0 Å². The Hall–Kier alpha value is -1.56. The third kappa shape index (κ3) is 4.73. The molecule has 1 aliphatic carbocycles. The van der Waals surface area contributed by atoms with E-state index in [1.165, 1.54) is 6.07 Å². The number of ether oxygens (including phenoxy) is 1. The molecule has 0 aliphatic heterocycles. The lowest BCUT2D eigenvalue weighted by Gasteiger charge is -2.14. The van der Waals surface area contributed by atoms with E-state index < -0.39 is 11.7 Å². The van der Waals surface area contributed by atoms with Crippen molar-refractivity contribution in [2.45, 2.75) is 44.8 Å². The fourth-order valence-corrected chi connectivity index (χ4v) is 2.37. The van der Waals surface area contributed by atoms with Gasteiger partial charge in [0.15, 0.2) is 0 Å². The van der Waals surface area contributed by atoms with Gasteiger partial charge in [-0.15, -0.1) is 0 Å². The number of nitrogens with one attached hydrogen (secondary N) is 1. The van der Waals surface area contributed by atoms with Gasteiger partial charge in [0.25, 0.3) is 0 Å². The highest BCUT2D eigenvalue weighted by atomic mass is 19.4. The summed E-state index contributed by atoms with van der Waals surface area (Å²) in [5.41, 5.74) is 0.682. The van der Waals surface area contributed by atoms with Crippen molar-refractivity contribution in [2.24, 2.45) is 0 Å². The average molecular weight is 315 g/mol. The number of hydrogen-bond donors (Lipinski definition) is 1. The molecule has 1 saturated carbocycles. The summed E-state index contributed by atoms with van der Waals surface area (Å²) >= 11 is 0. The zero-order valence-electron chi connectivity index (χ0n) is 12.5. The Kier molecular flexibility index (Phi) is 5.45. The molecule has 0 bridgehead atoms. The van der Waals surface area contributed by atoms with E-state index in [2.05, 4.69) is 5.32 Å². The van der Waals surface area contributed by atoms with Crippen LogP contribution in [0.5, 0.6) is 0 Å². The van der Waals surface area contributed by atoms with Gasteiger partial charge in [-0.3, -0.25) is 4.79 Å². The molecule has 6 heteroatoms. The first kappa shape index (κ1) is 16.8. The number of esters is 1. The van der Waals surface area contributed by atoms with E-state index in [4.69, 9.17) is 4.74 Å². The van der Waals surface area contributed by atoms with E-state index >= 15 is 0 Å². The molecule has 1 aliphatic rings. The van der Waals surface area contributed by atoms with Crippen molar-refractivity contribution in [3.05, 3.63) is 34.9 Å². The second-order valence-corrected chi connectivity index (χ2v) is 5.43. The van der Waals surface area contributed by atoms with Crippen molar-refractivity contribution >= 4 is 5.97 Å². The number of rotatable bonds is 7. The summed E-state index contributed by atoms with van der Waals surface area (Å²) in [5, 5.41) is 3.05. The molecule has 0 heterocycles. The SMILES string of the molecule is CCOC(=O)CCNCc1ccc(C(F)(F)F)c(C2CC2)c1. The van der Waals surface area contributed by atoms with Crippen molar-refractivity contribution in [1.29, 1.82) is 0 Å². The third-order valence-electron chi connectivity index (χ3n) is 3.58. The second-order valence-electron chi connectivity index (χ2n) is 5.43. The van der Waals surface area contributed by atoms with Gasteiger partial charge >= 0.3 is 12.1 Å². The van der Waals surface area contributed by atoms with Gasteiger partial charge in [0.1, 0.15) is 0 Å². The third-order valence-corrected chi connectivity index (χ3v) is 3.58. The van der Waals surface area contributed by atoms with Gasteiger partial charge in [-0.05, 0) is 42.9 Å². The zero-order valence-corrected chi connectivity index (χ0v) is 12.5.